The zero-order chi connectivity index (χ0) is 13.0. The Bertz CT molecular complexity index is 397. The van der Waals surface area contributed by atoms with E-state index in [4.69, 9.17) is 4.74 Å². The average molecular weight is 253 g/mol. The van der Waals surface area contributed by atoms with Crippen molar-refractivity contribution in [2.45, 2.75) is 31.9 Å². The summed E-state index contributed by atoms with van der Waals surface area (Å²) in [7, 11) is 1.46. The first-order valence-corrected chi connectivity index (χ1v) is 6.42. The summed E-state index contributed by atoms with van der Waals surface area (Å²) in [5.74, 6) is 0.272. The lowest BCUT2D eigenvalue weighted by molar-refractivity contribution is 0.131. The lowest BCUT2D eigenvalue weighted by Crippen LogP contribution is -2.27. The van der Waals surface area contributed by atoms with Gasteiger partial charge in [-0.2, -0.15) is 0 Å². The van der Waals surface area contributed by atoms with E-state index in [1.54, 1.807) is 18.2 Å². The van der Waals surface area contributed by atoms with Crippen molar-refractivity contribution in [3.05, 3.63) is 29.6 Å². The van der Waals surface area contributed by atoms with Gasteiger partial charge in [0.1, 0.15) is 0 Å². The molecule has 1 aromatic rings. The fraction of sp³-hybridized carbons (Fsp3) is 0.571. The van der Waals surface area contributed by atoms with Crippen LogP contribution < -0.4 is 10.1 Å². The Morgan fingerprint density at radius 2 is 2.28 bits per heavy atom. The monoisotopic (exact) mass is 253 g/mol. The molecule has 0 amide bonds. The highest BCUT2D eigenvalue weighted by Crippen LogP contribution is 2.25. The predicted molar refractivity (Wildman–Crippen MR) is 68.0 cm³/mol. The summed E-state index contributed by atoms with van der Waals surface area (Å²) >= 11 is 0. The van der Waals surface area contributed by atoms with E-state index < -0.39 is 0 Å². The van der Waals surface area contributed by atoms with Crippen LogP contribution >= 0.6 is 0 Å². The number of ether oxygens (including phenoxy) is 1. The van der Waals surface area contributed by atoms with Gasteiger partial charge in [-0.15, -0.1) is 0 Å². The van der Waals surface area contributed by atoms with Gasteiger partial charge in [-0.3, -0.25) is 0 Å². The molecular formula is C14H20FNO2. The number of benzene rings is 1. The number of nitrogens with one attached hydrogen (secondary N) is 1. The van der Waals surface area contributed by atoms with E-state index in [0.29, 0.717) is 18.0 Å². The molecule has 1 aromatic carbocycles. The van der Waals surface area contributed by atoms with Crippen LogP contribution in [0.25, 0.3) is 0 Å². The molecule has 100 valence electrons. The molecule has 0 bridgehead atoms. The third-order valence-corrected chi connectivity index (χ3v) is 3.60. The van der Waals surface area contributed by atoms with Crippen LogP contribution in [-0.4, -0.2) is 24.9 Å². The molecular weight excluding hydrogens is 233 g/mol. The van der Waals surface area contributed by atoms with Gasteiger partial charge in [0, 0.05) is 18.7 Å². The van der Waals surface area contributed by atoms with Crippen molar-refractivity contribution in [2.24, 2.45) is 5.92 Å². The number of hydrogen-bond donors (Lipinski definition) is 2. The predicted octanol–water partition coefficient (Wildman–Crippen LogP) is 2.08. The van der Waals surface area contributed by atoms with Gasteiger partial charge in [0.25, 0.3) is 0 Å². The van der Waals surface area contributed by atoms with Crippen LogP contribution in [0, 0.1) is 11.7 Å². The van der Waals surface area contributed by atoms with E-state index in [-0.39, 0.29) is 17.7 Å². The maximum absolute atomic E-state index is 13.8. The molecule has 1 saturated carbocycles. The minimum atomic E-state index is -0.306. The molecule has 1 aliphatic rings. The van der Waals surface area contributed by atoms with E-state index in [9.17, 15) is 9.50 Å². The van der Waals surface area contributed by atoms with E-state index in [0.717, 1.165) is 25.8 Å². The number of halogens is 1. The van der Waals surface area contributed by atoms with Gasteiger partial charge in [0.05, 0.1) is 13.2 Å². The van der Waals surface area contributed by atoms with E-state index in [1.165, 1.54) is 7.11 Å². The van der Waals surface area contributed by atoms with Crippen molar-refractivity contribution in [1.29, 1.82) is 0 Å². The second kappa shape index (κ2) is 6.16. The van der Waals surface area contributed by atoms with Gasteiger partial charge in [-0.1, -0.05) is 18.6 Å². The number of aliphatic hydroxyl groups is 1. The third-order valence-electron chi connectivity index (χ3n) is 3.60. The molecule has 2 rings (SSSR count). The SMILES string of the molecule is COc1cccc(CNCC2CCCC2O)c1F. The maximum Gasteiger partial charge on any atom is 0.169 e. The van der Waals surface area contributed by atoms with Gasteiger partial charge in [-0.05, 0) is 24.8 Å². The Morgan fingerprint density at radius 1 is 1.44 bits per heavy atom. The number of hydrogen-bond acceptors (Lipinski definition) is 3. The Morgan fingerprint density at radius 3 is 2.94 bits per heavy atom. The highest BCUT2D eigenvalue weighted by atomic mass is 19.1. The third kappa shape index (κ3) is 3.00. The summed E-state index contributed by atoms with van der Waals surface area (Å²) in [6, 6.07) is 5.14. The van der Waals surface area contributed by atoms with E-state index in [1.807, 2.05) is 0 Å². The van der Waals surface area contributed by atoms with Gasteiger partial charge in [-0.25, -0.2) is 4.39 Å². The molecule has 3 nitrogen and oxygen atoms in total. The second-order valence-electron chi connectivity index (χ2n) is 4.82. The molecule has 0 aliphatic heterocycles. The fourth-order valence-corrected chi connectivity index (χ4v) is 2.50. The van der Waals surface area contributed by atoms with Crippen molar-refractivity contribution in [2.75, 3.05) is 13.7 Å². The molecule has 4 heteroatoms. The lowest BCUT2D eigenvalue weighted by Gasteiger charge is -2.15. The topological polar surface area (TPSA) is 41.5 Å². The molecule has 0 heterocycles. The van der Waals surface area contributed by atoms with E-state index >= 15 is 0 Å². The Kier molecular flexibility index (Phi) is 4.55. The molecule has 1 aliphatic carbocycles. The zero-order valence-electron chi connectivity index (χ0n) is 10.7. The van der Waals surface area contributed by atoms with Crippen LogP contribution in [0.15, 0.2) is 18.2 Å². The second-order valence-corrected chi connectivity index (χ2v) is 4.82. The first-order chi connectivity index (χ1) is 8.72. The van der Waals surface area contributed by atoms with Crippen molar-refractivity contribution in [3.63, 3.8) is 0 Å². The average Bonchev–Trinajstić information content (AvgIpc) is 2.77. The van der Waals surface area contributed by atoms with Crippen molar-refractivity contribution < 1.29 is 14.2 Å². The fourth-order valence-electron chi connectivity index (χ4n) is 2.50. The van der Waals surface area contributed by atoms with Crippen LogP contribution in [0.4, 0.5) is 4.39 Å². The summed E-state index contributed by atoms with van der Waals surface area (Å²) in [6.07, 6.45) is 2.82. The minimum Gasteiger partial charge on any atom is -0.494 e. The van der Waals surface area contributed by atoms with Crippen molar-refractivity contribution in [1.82, 2.24) is 5.32 Å². The highest BCUT2D eigenvalue weighted by Gasteiger charge is 2.24. The smallest absolute Gasteiger partial charge is 0.169 e. The quantitative estimate of drug-likeness (QED) is 0.844. The minimum absolute atomic E-state index is 0.201. The summed E-state index contributed by atoms with van der Waals surface area (Å²) in [5.41, 5.74) is 0.599. The Balaban J connectivity index is 1.86. The van der Waals surface area contributed by atoms with Crippen LogP contribution in [0.3, 0.4) is 0 Å². The van der Waals surface area contributed by atoms with Crippen molar-refractivity contribution >= 4 is 0 Å². The molecule has 0 radical (unpaired) electrons. The zero-order valence-corrected chi connectivity index (χ0v) is 10.7. The van der Waals surface area contributed by atoms with E-state index in [2.05, 4.69) is 5.32 Å². The molecule has 0 spiro atoms. The van der Waals surface area contributed by atoms with Crippen LogP contribution in [0.1, 0.15) is 24.8 Å². The van der Waals surface area contributed by atoms with Gasteiger partial charge >= 0.3 is 0 Å². The summed E-state index contributed by atoms with van der Waals surface area (Å²) in [6.45, 7) is 1.20. The molecule has 2 atom stereocenters. The van der Waals surface area contributed by atoms with Crippen molar-refractivity contribution in [3.8, 4) is 5.75 Å². The Hall–Kier alpha value is -1.13. The first kappa shape index (κ1) is 13.3. The molecule has 1 fully saturated rings. The van der Waals surface area contributed by atoms with Crippen LogP contribution in [0.5, 0.6) is 5.75 Å². The number of rotatable bonds is 5. The molecule has 2 N–H and O–H groups in total. The van der Waals surface area contributed by atoms with Gasteiger partial charge in [0.2, 0.25) is 0 Å². The summed E-state index contributed by atoms with van der Waals surface area (Å²) < 4.78 is 18.8. The maximum atomic E-state index is 13.8. The Labute approximate surface area is 107 Å². The number of methoxy groups -OCH3 is 1. The van der Waals surface area contributed by atoms with Crippen LogP contribution in [-0.2, 0) is 6.54 Å². The molecule has 2 unspecified atom stereocenters. The van der Waals surface area contributed by atoms with Crippen LogP contribution in [0.2, 0.25) is 0 Å². The molecule has 0 aromatic heterocycles. The van der Waals surface area contributed by atoms with Gasteiger partial charge in [0.15, 0.2) is 11.6 Å². The largest absolute Gasteiger partial charge is 0.494 e. The number of aliphatic hydroxyl groups excluding tert-OH is 1. The first-order valence-electron chi connectivity index (χ1n) is 6.42. The molecule has 18 heavy (non-hydrogen) atoms. The normalized spacial score (nSPS) is 23.3. The molecule has 0 saturated heterocycles. The lowest BCUT2D eigenvalue weighted by atomic mass is 10.1. The summed E-state index contributed by atoms with van der Waals surface area (Å²) in [5, 5.41) is 12.9. The highest BCUT2D eigenvalue weighted by molar-refractivity contribution is 5.30. The van der Waals surface area contributed by atoms with Gasteiger partial charge < -0.3 is 15.2 Å². The summed E-state index contributed by atoms with van der Waals surface area (Å²) in [4.78, 5) is 0. The standard InChI is InChI=1S/C14H20FNO2/c1-18-13-7-3-5-11(14(13)15)9-16-8-10-4-2-6-12(10)17/h3,5,7,10,12,16-17H,2,4,6,8-9H2,1H3.